The number of carboxylic acid groups (broad SMARTS) is 1. The molecule has 0 aliphatic heterocycles. The van der Waals surface area contributed by atoms with Crippen molar-refractivity contribution in [2.24, 2.45) is 0 Å². The quantitative estimate of drug-likeness (QED) is 0.777. The molecule has 13 heavy (non-hydrogen) atoms. The Balaban J connectivity index is 3.00. The van der Waals surface area contributed by atoms with Crippen molar-refractivity contribution >= 4 is 5.97 Å². The van der Waals surface area contributed by atoms with Crippen LogP contribution >= 0.6 is 0 Å². The number of carbonyl (C=O) groups is 1. The van der Waals surface area contributed by atoms with Crippen LogP contribution in [0.15, 0.2) is 18.3 Å². The Labute approximate surface area is 78.0 Å². The molecule has 0 radical (unpaired) electrons. The molecule has 1 unspecified atom stereocenters. The predicted octanol–water partition coefficient (Wildman–Crippen LogP) is 2.26. The lowest BCUT2D eigenvalue weighted by molar-refractivity contribution is -0.140. The van der Waals surface area contributed by atoms with Crippen molar-refractivity contribution in [2.75, 3.05) is 0 Å². The molecule has 0 amide bonds. The summed E-state index contributed by atoms with van der Waals surface area (Å²) in [5.41, 5.74) is 1.06. The largest absolute Gasteiger partial charge is 0.480 e. The maximum atomic E-state index is 10.8. The highest BCUT2D eigenvalue weighted by atomic mass is 16.4. The molecule has 0 aliphatic rings. The van der Waals surface area contributed by atoms with Crippen molar-refractivity contribution in [3.8, 4) is 0 Å². The monoisotopic (exact) mass is 181 g/mol. The smallest absolute Gasteiger partial charge is 0.326 e. The second-order valence-corrected chi connectivity index (χ2v) is 3.51. The Hall–Kier alpha value is -1.25. The second kappa shape index (κ2) is 3.64. The predicted molar refractivity (Wildman–Crippen MR) is 50.9 cm³/mol. The van der Waals surface area contributed by atoms with Gasteiger partial charge in [-0.15, -0.1) is 0 Å². The molecule has 3 heteroatoms. The van der Waals surface area contributed by atoms with E-state index in [1.54, 1.807) is 11.5 Å². The van der Waals surface area contributed by atoms with Crippen molar-refractivity contribution in [3.63, 3.8) is 0 Å². The van der Waals surface area contributed by atoms with Gasteiger partial charge in [0.2, 0.25) is 0 Å². The van der Waals surface area contributed by atoms with Crippen molar-refractivity contribution < 1.29 is 9.90 Å². The van der Waals surface area contributed by atoms with E-state index in [0.717, 1.165) is 5.69 Å². The van der Waals surface area contributed by atoms with Crippen LogP contribution in [0.2, 0.25) is 0 Å². The zero-order chi connectivity index (χ0) is 10.0. The Kier molecular flexibility index (Phi) is 2.76. The molecule has 3 nitrogen and oxygen atoms in total. The number of aliphatic carboxylic acids is 1. The van der Waals surface area contributed by atoms with Crippen LogP contribution in [0.1, 0.15) is 38.4 Å². The zero-order valence-electron chi connectivity index (χ0n) is 8.19. The van der Waals surface area contributed by atoms with Crippen LogP contribution in [-0.2, 0) is 4.79 Å². The summed E-state index contributed by atoms with van der Waals surface area (Å²) in [5, 5.41) is 8.84. The normalized spacial score (nSPS) is 13.2. The van der Waals surface area contributed by atoms with Crippen molar-refractivity contribution in [2.45, 2.75) is 32.7 Å². The summed E-state index contributed by atoms with van der Waals surface area (Å²) in [5.74, 6) is -0.435. The molecule has 0 aliphatic carbocycles. The molecule has 0 saturated carbocycles. The molecular formula is C10H15NO2. The Morgan fingerprint density at radius 2 is 2.08 bits per heavy atom. The van der Waals surface area contributed by atoms with Gasteiger partial charge in [-0.3, -0.25) is 0 Å². The average Bonchev–Trinajstić information content (AvgIpc) is 2.50. The van der Waals surface area contributed by atoms with Gasteiger partial charge >= 0.3 is 5.97 Å². The highest BCUT2D eigenvalue weighted by Gasteiger charge is 2.16. The average molecular weight is 181 g/mol. The number of hydrogen-bond donors (Lipinski definition) is 1. The zero-order valence-corrected chi connectivity index (χ0v) is 8.19. The summed E-state index contributed by atoms with van der Waals surface area (Å²) in [6.07, 6.45) is 1.81. The van der Waals surface area contributed by atoms with Crippen molar-refractivity contribution in [1.82, 2.24) is 4.57 Å². The van der Waals surface area contributed by atoms with Gasteiger partial charge in [0.25, 0.3) is 0 Å². The molecule has 0 saturated heterocycles. The summed E-state index contributed by atoms with van der Waals surface area (Å²) in [6, 6.07) is 3.37. The third kappa shape index (κ3) is 1.91. The molecule has 1 N–H and O–H groups in total. The summed E-state index contributed by atoms with van der Waals surface area (Å²) in [4.78, 5) is 10.8. The first-order chi connectivity index (χ1) is 6.04. The third-order valence-corrected chi connectivity index (χ3v) is 2.18. The van der Waals surface area contributed by atoms with Gasteiger partial charge in [-0.05, 0) is 25.0 Å². The van der Waals surface area contributed by atoms with E-state index in [2.05, 4.69) is 13.8 Å². The first kappa shape index (κ1) is 9.84. The van der Waals surface area contributed by atoms with Crippen LogP contribution in [0.4, 0.5) is 0 Å². The van der Waals surface area contributed by atoms with Gasteiger partial charge in [-0.25, -0.2) is 4.79 Å². The van der Waals surface area contributed by atoms with Crippen LogP contribution in [0.25, 0.3) is 0 Å². The Bertz CT molecular complexity index is 302. The summed E-state index contributed by atoms with van der Waals surface area (Å²) in [7, 11) is 0. The van der Waals surface area contributed by atoms with Gasteiger partial charge in [0.1, 0.15) is 6.04 Å². The van der Waals surface area contributed by atoms with Crippen molar-refractivity contribution in [3.05, 3.63) is 24.0 Å². The van der Waals surface area contributed by atoms with E-state index >= 15 is 0 Å². The standard InChI is InChI=1S/C10H15NO2/c1-7(2)9-5-4-6-11(9)8(3)10(12)13/h4-8H,1-3H3,(H,12,13). The number of hydrogen-bond acceptors (Lipinski definition) is 1. The van der Waals surface area contributed by atoms with Gasteiger partial charge in [-0.2, -0.15) is 0 Å². The number of rotatable bonds is 3. The van der Waals surface area contributed by atoms with Crippen molar-refractivity contribution in [1.29, 1.82) is 0 Å². The van der Waals surface area contributed by atoms with Gasteiger partial charge in [-0.1, -0.05) is 13.8 Å². The Morgan fingerprint density at radius 1 is 1.46 bits per heavy atom. The van der Waals surface area contributed by atoms with Gasteiger partial charge in [0, 0.05) is 11.9 Å². The minimum Gasteiger partial charge on any atom is -0.480 e. The van der Waals surface area contributed by atoms with E-state index < -0.39 is 12.0 Å². The van der Waals surface area contributed by atoms with E-state index in [1.807, 2.05) is 18.3 Å². The first-order valence-corrected chi connectivity index (χ1v) is 4.43. The molecule has 0 spiro atoms. The fourth-order valence-corrected chi connectivity index (χ4v) is 1.37. The van der Waals surface area contributed by atoms with Crippen LogP contribution in [-0.4, -0.2) is 15.6 Å². The van der Waals surface area contributed by atoms with Crippen LogP contribution in [0.5, 0.6) is 0 Å². The molecule has 0 bridgehead atoms. The Morgan fingerprint density at radius 3 is 2.54 bits per heavy atom. The fraction of sp³-hybridized carbons (Fsp3) is 0.500. The maximum Gasteiger partial charge on any atom is 0.326 e. The molecule has 72 valence electrons. The minimum atomic E-state index is -0.793. The SMILES string of the molecule is CC(C)c1cccn1C(C)C(=O)O. The lowest BCUT2D eigenvalue weighted by Gasteiger charge is -2.15. The fourth-order valence-electron chi connectivity index (χ4n) is 1.37. The summed E-state index contributed by atoms with van der Waals surface area (Å²) < 4.78 is 1.80. The molecule has 1 heterocycles. The first-order valence-electron chi connectivity index (χ1n) is 4.43. The van der Waals surface area contributed by atoms with E-state index in [0.29, 0.717) is 5.92 Å². The van der Waals surface area contributed by atoms with E-state index in [4.69, 9.17) is 5.11 Å². The van der Waals surface area contributed by atoms with Crippen LogP contribution < -0.4 is 0 Å². The van der Waals surface area contributed by atoms with Crippen LogP contribution in [0, 0.1) is 0 Å². The molecule has 1 rings (SSSR count). The van der Waals surface area contributed by atoms with Gasteiger partial charge in [0.05, 0.1) is 0 Å². The highest BCUT2D eigenvalue weighted by molar-refractivity contribution is 5.71. The number of carboxylic acids is 1. The molecule has 0 fully saturated rings. The molecular weight excluding hydrogens is 166 g/mol. The molecule has 1 atom stereocenters. The number of nitrogens with zero attached hydrogens (tertiary/aromatic N) is 1. The van der Waals surface area contributed by atoms with E-state index in [9.17, 15) is 4.79 Å². The van der Waals surface area contributed by atoms with E-state index in [-0.39, 0.29) is 0 Å². The third-order valence-electron chi connectivity index (χ3n) is 2.18. The number of aromatic nitrogens is 1. The lowest BCUT2D eigenvalue weighted by atomic mass is 10.1. The molecule has 0 aromatic carbocycles. The topological polar surface area (TPSA) is 42.2 Å². The second-order valence-electron chi connectivity index (χ2n) is 3.51. The van der Waals surface area contributed by atoms with E-state index in [1.165, 1.54) is 0 Å². The molecule has 1 aromatic rings. The molecule has 1 aromatic heterocycles. The minimum absolute atomic E-state index is 0.358. The summed E-state index contributed by atoms with van der Waals surface area (Å²) in [6.45, 7) is 5.80. The lowest BCUT2D eigenvalue weighted by Crippen LogP contribution is -2.17. The maximum absolute atomic E-state index is 10.8. The van der Waals surface area contributed by atoms with Gasteiger partial charge in [0.15, 0.2) is 0 Å². The summed E-state index contributed by atoms with van der Waals surface area (Å²) >= 11 is 0. The van der Waals surface area contributed by atoms with Gasteiger partial charge < -0.3 is 9.67 Å². The van der Waals surface area contributed by atoms with Crippen LogP contribution in [0.3, 0.4) is 0 Å². The highest BCUT2D eigenvalue weighted by Crippen LogP contribution is 2.19.